The Hall–Kier alpha value is -2.10. The Labute approximate surface area is 107 Å². The molecule has 0 saturated heterocycles. The second-order valence-electron chi connectivity index (χ2n) is 4.18. The Morgan fingerprint density at radius 1 is 1.28 bits per heavy atom. The highest BCUT2D eigenvalue weighted by Crippen LogP contribution is 2.17. The maximum Gasteiger partial charge on any atom is 0.124 e. The summed E-state index contributed by atoms with van der Waals surface area (Å²) in [7, 11) is 0. The van der Waals surface area contributed by atoms with Gasteiger partial charge in [-0.15, -0.1) is 0 Å². The van der Waals surface area contributed by atoms with Crippen LogP contribution in [0.2, 0.25) is 0 Å². The van der Waals surface area contributed by atoms with Crippen LogP contribution in [0.15, 0.2) is 30.3 Å². The van der Waals surface area contributed by atoms with Crippen molar-refractivity contribution in [2.75, 3.05) is 0 Å². The van der Waals surface area contributed by atoms with Gasteiger partial charge in [0.25, 0.3) is 0 Å². The lowest BCUT2D eigenvalue weighted by Crippen LogP contribution is -2.16. The first-order valence-electron chi connectivity index (χ1n) is 6.19. The number of benzene rings is 1. The van der Waals surface area contributed by atoms with E-state index in [0.29, 0.717) is 0 Å². The monoisotopic (exact) mass is 242 g/mol. The molecule has 0 fully saturated rings. The fraction of sp³-hybridized carbons (Fsp3) is 0.286. The summed E-state index contributed by atoms with van der Waals surface area (Å²) < 4.78 is 1.90. The molecule has 4 heteroatoms. The molecule has 2 rings (SSSR count). The van der Waals surface area contributed by atoms with Crippen molar-refractivity contribution < 1.29 is 0 Å². The van der Waals surface area contributed by atoms with E-state index >= 15 is 0 Å². The standard InChI is InChI=1S/C14H18N4/c1-3-10-9-11(4-2)18(17-10)13-8-6-5-7-12(13)14(15)16/h5-9H,3-4H2,1-2H3,(H3,15,16). The molecular formula is C14H18N4. The van der Waals surface area contributed by atoms with Crippen LogP contribution in [0.4, 0.5) is 0 Å². The van der Waals surface area contributed by atoms with Gasteiger partial charge in [-0.05, 0) is 31.0 Å². The molecule has 0 aliphatic carbocycles. The van der Waals surface area contributed by atoms with E-state index in [0.717, 1.165) is 35.5 Å². The Morgan fingerprint density at radius 3 is 2.61 bits per heavy atom. The van der Waals surface area contributed by atoms with Gasteiger partial charge in [0.05, 0.1) is 11.4 Å². The van der Waals surface area contributed by atoms with E-state index in [9.17, 15) is 0 Å². The number of nitrogen functional groups attached to an aromatic ring is 1. The molecule has 0 radical (unpaired) electrons. The molecule has 1 aromatic carbocycles. The number of para-hydroxylation sites is 1. The molecule has 2 aromatic rings. The number of nitrogens with zero attached hydrogens (tertiary/aromatic N) is 2. The molecule has 0 aliphatic heterocycles. The highest BCUT2D eigenvalue weighted by atomic mass is 15.3. The van der Waals surface area contributed by atoms with E-state index in [1.807, 2.05) is 28.9 Å². The molecule has 3 N–H and O–H groups in total. The molecule has 18 heavy (non-hydrogen) atoms. The summed E-state index contributed by atoms with van der Waals surface area (Å²) in [6.07, 6.45) is 1.81. The van der Waals surface area contributed by atoms with E-state index in [-0.39, 0.29) is 5.84 Å². The number of rotatable bonds is 4. The lowest BCUT2D eigenvalue weighted by molar-refractivity contribution is 0.792. The zero-order valence-corrected chi connectivity index (χ0v) is 10.8. The minimum atomic E-state index is 0.0706. The summed E-state index contributed by atoms with van der Waals surface area (Å²) in [6, 6.07) is 9.73. The molecule has 94 valence electrons. The zero-order chi connectivity index (χ0) is 13.1. The van der Waals surface area contributed by atoms with Gasteiger partial charge in [0, 0.05) is 11.3 Å². The minimum Gasteiger partial charge on any atom is -0.384 e. The fourth-order valence-corrected chi connectivity index (χ4v) is 1.99. The zero-order valence-electron chi connectivity index (χ0n) is 10.8. The number of hydrogen-bond donors (Lipinski definition) is 2. The van der Waals surface area contributed by atoms with Gasteiger partial charge in [-0.25, -0.2) is 4.68 Å². The van der Waals surface area contributed by atoms with Gasteiger partial charge >= 0.3 is 0 Å². The number of amidine groups is 1. The number of aromatic nitrogens is 2. The molecule has 1 heterocycles. The van der Waals surface area contributed by atoms with E-state index in [1.165, 1.54) is 0 Å². The Kier molecular flexibility index (Phi) is 3.46. The van der Waals surface area contributed by atoms with Crippen molar-refractivity contribution in [3.8, 4) is 5.69 Å². The van der Waals surface area contributed by atoms with Crippen molar-refractivity contribution in [3.63, 3.8) is 0 Å². The summed E-state index contributed by atoms with van der Waals surface area (Å²) in [5.41, 5.74) is 9.42. The molecule has 0 spiro atoms. The van der Waals surface area contributed by atoms with Crippen molar-refractivity contribution >= 4 is 5.84 Å². The predicted molar refractivity (Wildman–Crippen MR) is 73.3 cm³/mol. The highest BCUT2D eigenvalue weighted by molar-refractivity contribution is 5.98. The van der Waals surface area contributed by atoms with Crippen molar-refractivity contribution in [3.05, 3.63) is 47.3 Å². The van der Waals surface area contributed by atoms with Gasteiger partial charge < -0.3 is 5.73 Å². The smallest absolute Gasteiger partial charge is 0.124 e. The summed E-state index contributed by atoms with van der Waals surface area (Å²) in [5, 5.41) is 12.2. The van der Waals surface area contributed by atoms with Crippen LogP contribution < -0.4 is 5.73 Å². The van der Waals surface area contributed by atoms with Crippen molar-refractivity contribution in [2.45, 2.75) is 26.7 Å². The summed E-state index contributed by atoms with van der Waals surface area (Å²) in [4.78, 5) is 0. The van der Waals surface area contributed by atoms with Crippen LogP contribution in [0, 0.1) is 5.41 Å². The highest BCUT2D eigenvalue weighted by Gasteiger charge is 2.12. The Morgan fingerprint density at radius 2 is 2.00 bits per heavy atom. The summed E-state index contributed by atoms with van der Waals surface area (Å²) >= 11 is 0. The average molecular weight is 242 g/mol. The molecule has 0 amide bonds. The quantitative estimate of drug-likeness (QED) is 0.638. The van der Waals surface area contributed by atoms with Crippen LogP contribution in [0.25, 0.3) is 5.69 Å². The molecule has 0 aliphatic rings. The lowest BCUT2D eigenvalue weighted by atomic mass is 10.1. The second kappa shape index (κ2) is 5.04. The maximum absolute atomic E-state index is 7.64. The average Bonchev–Trinajstić information content (AvgIpc) is 2.81. The van der Waals surface area contributed by atoms with Crippen LogP contribution >= 0.6 is 0 Å². The number of aryl methyl sites for hydroxylation is 2. The third-order valence-corrected chi connectivity index (χ3v) is 2.98. The predicted octanol–water partition coefficient (Wildman–Crippen LogP) is 2.28. The van der Waals surface area contributed by atoms with Gasteiger partial charge in [0.1, 0.15) is 5.84 Å². The maximum atomic E-state index is 7.64. The first-order chi connectivity index (χ1) is 8.67. The Bertz CT molecular complexity index is 569. The van der Waals surface area contributed by atoms with Crippen LogP contribution in [0.5, 0.6) is 0 Å². The van der Waals surface area contributed by atoms with Crippen molar-refractivity contribution in [1.29, 1.82) is 5.41 Å². The van der Waals surface area contributed by atoms with Crippen molar-refractivity contribution in [1.82, 2.24) is 9.78 Å². The fourth-order valence-electron chi connectivity index (χ4n) is 1.99. The summed E-state index contributed by atoms with van der Waals surface area (Å²) in [5.74, 6) is 0.0706. The van der Waals surface area contributed by atoms with Crippen LogP contribution in [-0.2, 0) is 12.8 Å². The molecule has 0 atom stereocenters. The molecule has 0 bridgehead atoms. The SMILES string of the molecule is CCc1cc(CC)n(-c2ccccc2C(=N)N)n1. The third kappa shape index (κ3) is 2.14. The number of hydrogen-bond acceptors (Lipinski definition) is 2. The van der Waals surface area contributed by atoms with Gasteiger partial charge in [-0.3, -0.25) is 5.41 Å². The molecule has 1 aromatic heterocycles. The topological polar surface area (TPSA) is 67.7 Å². The molecule has 0 unspecified atom stereocenters. The molecule has 4 nitrogen and oxygen atoms in total. The first-order valence-corrected chi connectivity index (χ1v) is 6.19. The Balaban J connectivity index is 2.61. The normalized spacial score (nSPS) is 10.6. The second-order valence-corrected chi connectivity index (χ2v) is 4.18. The minimum absolute atomic E-state index is 0.0706. The van der Waals surface area contributed by atoms with Gasteiger partial charge in [-0.2, -0.15) is 5.10 Å². The van der Waals surface area contributed by atoms with Crippen LogP contribution in [0.1, 0.15) is 30.8 Å². The van der Waals surface area contributed by atoms with E-state index in [1.54, 1.807) is 0 Å². The third-order valence-electron chi connectivity index (χ3n) is 2.98. The first kappa shape index (κ1) is 12.4. The van der Waals surface area contributed by atoms with Crippen molar-refractivity contribution in [2.24, 2.45) is 5.73 Å². The van der Waals surface area contributed by atoms with Crippen LogP contribution in [0.3, 0.4) is 0 Å². The van der Waals surface area contributed by atoms with Crippen LogP contribution in [-0.4, -0.2) is 15.6 Å². The number of nitrogens with two attached hydrogens (primary N) is 1. The molecule has 0 saturated carbocycles. The molecular weight excluding hydrogens is 224 g/mol. The van der Waals surface area contributed by atoms with Gasteiger partial charge in [-0.1, -0.05) is 26.0 Å². The lowest BCUT2D eigenvalue weighted by Gasteiger charge is -2.10. The van der Waals surface area contributed by atoms with Gasteiger partial charge in [0.2, 0.25) is 0 Å². The van der Waals surface area contributed by atoms with E-state index < -0.39 is 0 Å². The number of nitrogens with one attached hydrogen (secondary N) is 1. The summed E-state index contributed by atoms with van der Waals surface area (Å²) in [6.45, 7) is 4.19. The van der Waals surface area contributed by atoms with E-state index in [2.05, 4.69) is 25.0 Å². The van der Waals surface area contributed by atoms with Gasteiger partial charge in [0.15, 0.2) is 0 Å². The largest absolute Gasteiger partial charge is 0.384 e. The van der Waals surface area contributed by atoms with E-state index in [4.69, 9.17) is 11.1 Å².